The highest BCUT2D eigenvalue weighted by Gasteiger charge is 2.53. The van der Waals surface area contributed by atoms with Crippen molar-refractivity contribution >= 4 is 129 Å². The lowest BCUT2D eigenvalue weighted by Crippen LogP contribution is -2.65. The van der Waals surface area contributed by atoms with Gasteiger partial charge in [-0.1, -0.05) is 220 Å². The van der Waals surface area contributed by atoms with E-state index in [4.69, 9.17) is 38.8 Å². The van der Waals surface area contributed by atoms with Crippen LogP contribution in [0.2, 0.25) is 0 Å². The number of benzene rings is 6. The summed E-state index contributed by atoms with van der Waals surface area (Å²) in [5, 5.41) is 24.4. The summed E-state index contributed by atoms with van der Waals surface area (Å²) in [5.41, 5.74) is 8.23. The molecular weight excluding hydrogens is 1710 g/mol. The maximum Gasteiger partial charge on any atom is 0.417 e. The van der Waals surface area contributed by atoms with Crippen LogP contribution in [0, 0.1) is 0 Å². The van der Waals surface area contributed by atoms with Gasteiger partial charge in [0, 0.05) is 49.7 Å². The summed E-state index contributed by atoms with van der Waals surface area (Å²) in [5.74, 6) is -12.5. The third-order valence-corrected chi connectivity index (χ3v) is 36.0. The molecular formula is C94H116N14O16P2S2. The van der Waals surface area contributed by atoms with Gasteiger partial charge in [-0.2, -0.15) is 0 Å². The van der Waals surface area contributed by atoms with Crippen LogP contribution in [-0.2, 0) is 97.0 Å². The molecule has 12 N–H and O–H groups in total. The number of aromatic amines is 1. The smallest absolute Gasteiger partial charge is 0.417 e. The molecule has 14 amide bonds. The molecule has 0 aliphatic heterocycles. The summed E-state index contributed by atoms with van der Waals surface area (Å²) in [6.07, 6.45) is 6.09. The number of carbonyl (C=O) groups excluding carboxylic acids is 14. The van der Waals surface area contributed by atoms with Crippen LogP contribution in [0.4, 0.5) is 9.59 Å². The number of hydrogen-bond donors (Lipinski definition) is 11. The van der Waals surface area contributed by atoms with E-state index < -0.39 is 198 Å². The average Bonchev–Trinajstić information content (AvgIpc) is 1.40. The minimum Gasteiger partial charge on any atom is -0.448 e. The van der Waals surface area contributed by atoms with Crippen molar-refractivity contribution in [1.29, 1.82) is 0 Å². The summed E-state index contributed by atoms with van der Waals surface area (Å²) < 4.78 is 13.3. The molecule has 0 spiro atoms. The summed E-state index contributed by atoms with van der Waals surface area (Å²) in [4.78, 5) is 218. The molecule has 11 rings (SSSR count). The Morgan fingerprint density at radius 1 is 0.445 bits per heavy atom. The van der Waals surface area contributed by atoms with Crippen molar-refractivity contribution in [3.63, 3.8) is 0 Å². The quantitative estimate of drug-likeness (QED) is 0.0164. The van der Waals surface area contributed by atoms with Gasteiger partial charge in [-0.3, -0.25) is 57.5 Å². The number of nitrogens with zero attached hydrogens (tertiary/aromatic N) is 3. The van der Waals surface area contributed by atoms with E-state index in [1.54, 1.807) is 60.7 Å². The minimum atomic E-state index is -3.66. The SMILES string of the molecule is CC(=O)N[C@@H](C)C(=O)NC(C)(C)C(=O)N[C@@H](C)C(=O)N(C(=O)OCC1c2ccccc2-c2ccccc21)[C@@H](CP(=S)(C1CCCCC1)C1CCCCC1)C(=O)N(C(=O)OCC1c2ccccc2-c2ccccc21)[C@@H](CP(=S)(c1ccccc1)c1ccccc1)C(=O)N[C@@H](C)C(=O)N[C@@H](C)C(=O)N[C@@H](Cc1c[nH]cn1)C(=O)N[C@@H](C)C(=O)NC(C)(C)C(=O)N[C@@H](C)C(N)=O. The number of fused-ring (bicyclic) bond motifs is 6. The molecule has 1 heterocycles. The third kappa shape index (κ3) is 22.9. The lowest BCUT2D eigenvalue weighted by molar-refractivity contribution is -0.147. The largest absolute Gasteiger partial charge is 0.448 e. The van der Waals surface area contributed by atoms with Gasteiger partial charge in [0.1, 0.15) is 78.7 Å². The number of rotatable bonds is 36. The molecule has 0 bridgehead atoms. The maximum atomic E-state index is 18.3. The van der Waals surface area contributed by atoms with Gasteiger partial charge in [0.15, 0.2) is 0 Å². The van der Waals surface area contributed by atoms with Gasteiger partial charge < -0.3 is 68.0 Å². The normalized spacial score (nSPS) is 16.2. The van der Waals surface area contributed by atoms with Crippen LogP contribution in [0.5, 0.6) is 0 Å². The Labute approximate surface area is 756 Å². The van der Waals surface area contributed by atoms with E-state index in [-0.39, 0.29) is 17.7 Å². The molecule has 34 heteroatoms. The van der Waals surface area contributed by atoms with Crippen LogP contribution < -0.4 is 64.2 Å². The Morgan fingerprint density at radius 2 is 0.820 bits per heavy atom. The zero-order valence-corrected chi connectivity index (χ0v) is 77.4. The monoisotopic (exact) mass is 1820 g/mol. The van der Waals surface area contributed by atoms with Gasteiger partial charge in [0.2, 0.25) is 59.1 Å². The van der Waals surface area contributed by atoms with E-state index in [2.05, 4.69) is 57.8 Å². The molecule has 0 radical (unpaired) electrons. The van der Waals surface area contributed by atoms with Crippen LogP contribution in [0.25, 0.3) is 22.3 Å². The van der Waals surface area contributed by atoms with Crippen molar-refractivity contribution in [2.24, 2.45) is 5.73 Å². The predicted molar refractivity (Wildman–Crippen MR) is 495 cm³/mol. The molecule has 2 fully saturated rings. The van der Waals surface area contributed by atoms with Crippen LogP contribution in [0.15, 0.2) is 170 Å². The molecule has 1 aromatic heterocycles. The standard InChI is InChI=1S/C94H116N14O16P2S2/c1-55(80(95)110)102-89(119)93(8,9)106-84(114)59(5)100-85(115)77(48-62-49-96-54-97-62)104-82(112)57(3)99-81(111)56(2)101-86(116)78(52-125(127,63-32-16-12-17-33-63)64-34-18-13-19-35-64)107(91(121)123-50-75-71-44-28-24-40-67(71)68-41-25-29-45-72(68)75)88(118)79(53-126(128,65-36-20-14-21-37-65)66-38-22-15-23-39-66)108(87(117)60(6)103-90(120)94(10,11)105-83(113)58(4)98-61(7)109)92(122)124-51-76-73-46-30-26-42-69(73)70-43-27-31-47-74(70)76/h12-13,16-19,24-35,40-47,49,54-60,65-66,75-79H,14-15,20-23,36-39,48,50-53H2,1-11H3,(H2,95,110)(H,96,97)(H,98,109)(H,99,111)(H,100,115)(H,101,116)(H,102,119)(H,103,120)(H,104,112)(H,105,113)(H,106,114)/t55-,56-,57-,58-,59-,60-,77-,78-,79-/m0/s1. The fourth-order valence-corrected chi connectivity index (χ4v) is 27.5. The number of aromatic nitrogens is 2. The topological polar surface area (TPSA) is 427 Å². The Kier molecular flexibility index (Phi) is 32.3. The predicted octanol–water partition coefficient (Wildman–Crippen LogP) is 8.33. The Morgan fingerprint density at radius 3 is 1.23 bits per heavy atom. The summed E-state index contributed by atoms with van der Waals surface area (Å²) in [7, 11) is 0. The first kappa shape index (κ1) is 97.0. The first-order valence-electron chi connectivity index (χ1n) is 43.5. The van der Waals surface area contributed by atoms with Gasteiger partial charge >= 0.3 is 12.2 Å². The molecule has 4 aliphatic rings. The zero-order valence-electron chi connectivity index (χ0n) is 73.9. The Hall–Kier alpha value is -11.6. The van der Waals surface area contributed by atoms with Crippen LogP contribution in [0.3, 0.4) is 0 Å². The van der Waals surface area contributed by atoms with Gasteiger partial charge in [-0.05, 0) is 167 Å². The van der Waals surface area contributed by atoms with E-state index in [1.165, 1.54) is 88.7 Å². The number of ether oxygens (including phenoxy) is 2. The van der Waals surface area contributed by atoms with E-state index in [0.29, 0.717) is 51.8 Å². The van der Waals surface area contributed by atoms with Crippen LogP contribution >= 0.6 is 12.1 Å². The minimum absolute atomic E-state index is 0.234. The summed E-state index contributed by atoms with van der Waals surface area (Å²) in [6.45, 7) is 13.8. The highest BCUT2D eigenvalue weighted by molar-refractivity contribution is 8.22. The van der Waals surface area contributed by atoms with Gasteiger partial charge in [-0.25, -0.2) is 24.4 Å². The molecule has 9 atom stereocenters. The van der Waals surface area contributed by atoms with E-state index in [9.17, 15) is 38.4 Å². The molecule has 6 aromatic carbocycles. The number of carbonyl (C=O) groups is 14. The fraction of sp³-hybridized carbons (Fsp3) is 0.436. The number of imidazole rings is 1. The van der Waals surface area contributed by atoms with E-state index in [1.807, 2.05) is 97.1 Å². The number of nitrogens with one attached hydrogen (secondary N) is 10. The summed E-state index contributed by atoms with van der Waals surface area (Å²) in [6, 6.07) is 26.5. The van der Waals surface area contributed by atoms with Crippen molar-refractivity contribution in [1.82, 2.24) is 67.6 Å². The maximum absolute atomic E-state index is 18.3. The van der Waals surface area contributed by atoms with Gasteiger partial charge in [-0.15, -0.1) is 0 Å². The van der Waals surface area contributed by atoms with Gasteiger partial charge in [0.25, 0.3) is 11.8 Å². The first-order valence-corrected chi connectivity index (χ1v) is 49.6. The molecule has 4 aliphatic carbocycles. The highest BCUT2D eigenvalue weighted by atomic mass is 32.4. The third-order valence-electron chi connectivity index (χ3n) is 24.5. The average molecular weight is 1820 g/mol. The lowest BCUT2D eigenvalue weighted by atomic mass is 9.98. The number of nitrogens with two attached hydrogens (primary N) is 1. The second kappa shape index (κ2) is 42.6. The van der Waals surface area contributed by atoms with Crippen molar-refractivity contribution in [2.45, 2.75) is 235 Å². The Balaban J connectivity index is 1.04. The molecule has 0 unspecified atom stereocenters. The summed E-state index contributed by atoms with van der Waals surface area (Å²) >= 11 is 14.4. The molecule has 128 heavy (non-hydrogen) atoms. The van der Waals surface area contributed by atoms with E-state index in [0.717, 1.165) is 83.0 Å². The first-order chi connectivity index (χ1) is 60.8. The number of primary amides is 1. The zero-order chi connectivity index (χ0) is 92.7. The number of hydrogen-bond acceptors (Lipinski definition) is 19. The van der Waals surface area contributed by atoms with Crippen molar-refractivity contribution in [2.75, 3.05) is 25.5 Å². The van der Waals surface area contributed by atoms with E-state index >= 15 is 28.8 Å². The fourth-order valence-electron chi connectivity index (χ4n) is 17.3. The molecule has 2 saturated carbocycles. The number of imide groups is 2. The van der Waals surface area contributed by atoms with Crippen LogP contribution in [-0.4, -0.2) is 205 Å². The molecule has 30 nitrogen and oxygen atoms in total. The van der Waals surface area contributed by atoms with Crippen LogP contribution in [0.1, 0.15) is 180 Å². The lowest BCUT2D eigenvalue weighted by Gasteiger charge is -2.45. The van der Waals surface area contributed by atoms with Crippen molar-refractivity contribution in [3.8, 4) is 22.3 Å². The molecule has 0 saturated heterocycles. The highest BCUT2D eigenvalue weighted by Crippen LogP contribution is 2.64. The van der Waals surface area contributed by atoms with Crippen molar-refractivity contribution < 1.29 is 76.6 Å². The number of amides is 14. The van der Waals surface area contributed by atoms with Gasteiger partial charge in [0.05, 0.1) is 12.0 Å². The number of H-pyrrole nitrogens is 1. The Bertz CT molecular complexity index is 5240. The molecule has 7 aromatic rings. The second-order valence-corrected chi connectivity index (χ2v) is 45.1. The molecule has 680 valence electrons. The second-order valence-electron chi connectivity index (χ2n) is 34.7. The van der Waals surface area contributed by atoms with Crippen molar-refractivity contribution in [3.05, 3.63) is 198 Å².